The predicted molar refractivity (Wildman–Crippen MR) is 116 cm³/mol. The van der Waals surface area contributed by atoms with Crippen LogP contribution in [0.1, 0.15) is 23.2 Å². The lowest BCUT2D eigenvalue weighted by Gasteiger charge is -2.36. The van der Waals surface area contributed by atoms with Crippen molar-refractivity contribution in [1.29, 1.82) is 0 Å². The highest BCUT2D eigenvalue weighted by Crippen LogP contribution is 2.27. The Hall–Kier alpha value is -2.16. The zero-order chi connectivity index (χ0) is 22.1. The maximum Gasteiger partial charge on any atom is 0.264 e. The lowest BCUT2D eigenvalue weighted by molar-refractivity contribution is 0.0635. The Kier molecular flexibility index (Phi) is 6.69. The summed E-state index contributed by atoms with van der Waals surface area (Å²) in [4.78, 5) is 16.9. The van der Waals surface area contributed by atoms with Crippen molar-refractivity contribution < 1.29 is 17.6 Å². The molecule has 1 aliphatic rings. The second kappa shape index (κ2) is 8.91. The summed E-state index contributed by atoms with van der Waals surface area (Å²) in [6.07, 6.45) is 1.87. The Labute approximate surface area is 181 Å². The minimum Gasteiger partial charge on any atom is -0.337 e. The molecule has 30 heavy (non-hydrogen) atoms. The third-order valence-corrected chi connectivity index (χ3v) is 7.54. The van der Waals surface area contributed by atoms with Gasteiger partial charge < -0.3 is 9.80 Å². The monoisotopic (exact) mass is 453 g/mol. The van der Waals surface area contributed by atoms with E-state index in [4.69, 9.17) is 11.6 Å². The molecule has 1 amide bonds. The topological polar surface area (TPSA) is 60.9 Å². The second-order valence-corrected chi connectivity index (χ2v) is 9.98. The summed E-state index contributed by atoms with van der Waals surface area (Å²) < 4.78 is 40.4. The van der Waals surface area contributed by atoms with Gasteiger partial charge in [0.25, 0.3) is 15.9 Å². The van der Waals surface area contributed by atoms with Gasteiger partial charge in [0.05, 0.1) is 21.2 Å². The van der Waals surface area contributed by atoms with Crippen molar-refractivity contribution in [3.8, 4) is 0 Å². The van der Waals surface area contributed by atoms with Gasteiger partial charge in [-0.25, -0.2) is 12.8 Å². The molecular formula is C21H25ClFN3O3S. The van der Waals surface area contributed by atoms with Gasteiger partial charge in [-0.05, 0) is 69.4 Å². The van der Waals surface area contributed by atoms with E-state index in [1.165, 1.54) is 49.5 Å². The van der Waals surface area contributed by atoms with E-state index in [1.54, 1.807) is 4.90 Å². The minimum atomic E-state index is -3.96. The van der Waals surface area contributed by atoms with Gasteiger partial charge in [0.1, 0.15) is 5.82 Å². The van der Waals surface area contributed by atoms with Gasteiger partial charge >= 0.3 is 0 Å². The van der Waals surface area contributed by atoms with E-state index < -0.39 is 15.8 Å². The highest BCUT2D eigenvalue weighted by atomic mass is 35.5. The molecule has 0 saturated carbocycles. The normalized spacial score (nSPS) is 17.3. The smallest absolute Gasteiger partial charge is 0.264 e. The molecule has 1 aliphatic heterocycles. The van der Waals surface area contributed by atoms with E-state index in [-0.39, 0.29) is 27.4 Å². The average molecular weight is 454 g/mol. The van der Waals surface area contributed by atoms with Gasteiger partial charge in [-0.3, -0.25) is 9.10 Å². The molecular weight excluding hydrogens is 429 g/mol. The molecule has 1 fully saturated rings. The quantitative estimate of drug-likeness (QED) is 0.695. The summed E-state index contributed by atoms with van der Waals surface area (Å²) in [5.41, 5.74) is 0.466. The Morgan fingerprint density at radius 1 is 1.13 bits per heavy atom. The number of piperidine rings is 1. The van der Waals surface area contributed by atoms with Crippen LogP contribution in [0, 0.1) is 5.82 Å². The van der Waals surface area contributed by atoms with Gasteiger partial charge in [0.15, 0.2) is 0 Å². The fourth-order valence-corrected chi connectivity index (χ4v) is 4.93. The molecule has 0 N–H and O–H groups in total. The Morgan fingerprint density at radius 3 is 2.43 bits per heavy atom. The van der Waals surface area contributed by atoms with E-state index in [2.05, 4.69) is 4.90 Å². The molecule has 0 radical (unpaired) electrons. The lowest BCUT2D eigenvalue weighted by Crippen LogP contribution is -2.47. The van der Waals surface area contributed by atoms with Crippen LogP contribution in [-0.4, -0.2) is 64.4 Å². The highest BCUT2D eigenvalue weighted by molar-refractivity contribution is 7.92. The van der Waals surface area contributed by atoms with Crippen molar-refractivity contribution in [3.63, 3.8) is 0 Å². The number of halogens is 2. The first-order valence-electron chi connectivity index (χ1n) is 9.61. The zero-order valence-corrected chi connectivity index (χ0v) is 18.8. The summed E-state index contributed by atoms with van der Waals surface area (Å²) >= 11 is 6.27. The first-order chi connectivity index (χ1) is 14.1. The highest BCUT2D eigenvalue weighted by Gasteiger charge is 2.29. The largest absolute Gasteiger partial charge is 0.337 e. The van der Waals surface area contributed by atoms with Crippen LogP contribution in [0.15, 0.2) is 47.4 Å². The number of carbonyl (C=O) groups excluding carboxylic acids is 1. The average Bonchev–Trinajstić information content (AvgIpc) is 2.73. The second-order valence-electron chi connectivity index (χ2n) is 7.60. The number of anilines is 1. The number of carbonyl (C=O) groups is 1. The van der Waals surface area contributed by atoms with Crippen molar-refractivity contribution in [2.24, 2.45) is 0 Å². The van der Waals surface area contributed by atoms with Crippen LogP contribution in [0.5, 0.6) is 0 Å². The van der Waals surface area contributed by atoms with Crippen LogP contribution >= 0.6 is 11.6 Å². The Morgan fingerprint density at radius 2 is 1.80 bits per heavy atom. The first kappa shape index (κ1) is 22.5. The van der Waals surface area contributed by atoms with Crippen molar-refractivity contribution in [1.82, 2.24) is 9.80 Å². The Balaban J connectivity index is 1.90. The number of benzene rings is 2. The molecule has 0 bridgehead atoms. The van der Waals surface area contributed by atoms with Crippen molar-refractivity contribution in [2.75, 3.05) is 38.5 Å². The zero-order valence-electron chi connectivity index (χ0n) is 17.2. The summed E-state index contributed by atoms with van der Waals surface area (Å²) in [6, 6.07) is 9.50. The fourth-order valence-electron chi connectivity index (χ4n) is 3.51. The number of hydrogen-bond donors (Lipinski definition) is 0. The molecule has 2 aromatic carbocycles. The SMILES string of the molecule is CN(C)C1CCCN(C(=O)c2cc(S(=O)(=O)N(C)c3ccc(F)cc3)ccc2Cl)C1. The van der Waals surface area contributed by atoms with Crippen LogP contribution in [0.25, 0.3) is 0 Å². The number of hydrogen-bond acceptors (Lipinski definition) is 4. The summed E-state index contributed by atoms with van der Waals surface area (Å²) in [7, 11) is 1.37. The number of sulfonamides is 1. The van der Waals surface area contributed by atoms with Crippen molar-refractivity contribution in [2.45, 2.75) is 23.8 Å². The molecule has 0 spiro atoms. The standard InChI is InChI=1S/C21H25ClFN3O3S/c1-24(2)17-5-4-12-26(14-17)21(27)19-13-18(10-11-20(19)22)30(28,29)25(3)16-8-6-15(23)7-9-16/h6-11,13,17H,4-5,12,14H2,1-3H3. The van der Waals surface area contributed by atoms with Crippen LogP contribution in [0.3, 0.4) is 0 Å². The van der Waals surface area contributed by atoms with Gasteiger partial charge in [0, 0.05) is 26.2 Å². The van der Waals surface area contributed by atoms with E-state index in [0.29, 0.717) is 18.8 Å². The summed E-state index contributed by atoms with van der Waals surface area (Å²) in [6.45, 7) is 1.17. The maximum atomic E-state index is 13.2. The number of likely N-dealkylation sites (tertiary alicyclic amines) is 1. The van der Waals surface area contributed by atoms with E-state index in [9.17, 15) is 17.6 Å². The maximum absolute atomic E-state index is 13.2. The van der Waals surface area contributed by atoms with Gasteiger partial charge in [-0.2, -0.15) is 0 Å². The third kappa shape index (κ3) is 4.61. The lowest BCUT2D eigenvalue weighted by atomic mass is 10.0. The summed E-state index contributed by atoms with van der Waals surface area (Å²) in [5, 5.41) is 0.204. The molecule has 6 nitrogen and oxygen atoms in total. The predicted octanol–water partition coefficient (Wildman–Crippen LogP) is 3.47. The first-order valence-corrected chi connectivity index (χ1v) is 11.4. The van der Waals surface area contributed by atoms with Crippen molar-refractivity contribution >= 4 is 33.2 Å². The van der Waals surface area contributed by atoms with Gasteiger partial charge in [-0.1, -0.05) is 11.6 Å². The van der Waals surface area contributed by atoms with Crippen LogP contribution in [0.2, 0.25) is 5.02 Å². The number of likely N-dealkylation sites (N-methyl/N-ethyl adjacent to an activating group) is 1. The molecule has 1 saturated heterocycles. The van der Waals surface area contributed by atoms with E-state index >= 15 is 0 Å². The number of amides is 1. The van der Waals surface area contributed by atoms with Crippen LogP contribution in [-0.2, 0) is 10.0 Å². The number of rotatable bonds is 5. The number of nitrogens with zero attached hydrogens (tertiary/aromatic N) is 3. The van der Waals surface area contributed by atoms with Gasteiger partial charge in [-0.15, -0.1) is 0 Å². The molecule has 9 heteroatoms. The van der Waals surface area contributed by atoms with E-state index in [1.807, 2.05) is 14.1 Å². The molecule has 2 aromatic rings. The van der Waals surface area contributed by atoms with Crippen LogP contribution in [0.4, 0.5) is 10.1 Å². The third-order valence-electron chi connectivity index (χ3n) is 5.43. The molecule has 162 valence electrons. The summed E-state index contributed by atoms with van der Waals surface area (Å²) in [5.74, 6) is -0.741. The molecule has 1 unspecified atom stereocenters. The molecule has 3 rings (SSSR count). The minimum absolute atomic E-state index is 0.0526. The Bertz CT molecular complexity index is 1030. The van der Waals surface area contributed by atoms with Crippen LogP contribution < -0.4 is 4.31 Å². The van der Waals surface area contributed by atoms with Gasteiger partial charge in [0.2, 0.25) is 0 Å². The molecule has 0 aliphatic carbocycles. The molecule has 1 atom stereocenters. The molecule has 1 heterocycles. The molecule has 0 aromatic heterocycles. The van der Waals surface area contributed by atoms with E-state index in [0.717, 1.165) is 17.1 Å². The fraction of sp³-hybridized carbons (Fsp3) is 0.381. The van der Waals surface area contributed by atoms with Crippen molar-refractivity contribution in [3.05, 3.63) is 58.9 Å².